The molecule has 1 heterocycles. The Morgan fingerprint density at radius 1 is 1.03 bits per heavy atom. The monoisotopic (exact) mass is 565 g/mol. The number of aliphatic hydroxyl groups excluding tert-OH is 1. The number of aryl methyl sites for hydroxylation is 1. The van der Waals surface area contributed by atoms with E-state index in [0.29, 0.717) is 27.1 Å². The number of aromatic nitrogens is 1. The molecule has 0 spiro atoms. The molecule has 0 unspecified atom stereocenters. The minimum Gasteiger partial charge on any atom is -0.493 e. The first-order chi connectivity index (χ1) is 17.4. The lowest BCUT2D eigenvalue weighted by atomic mass is 10.1. The van der Waals surface area contributed by atoms with Crippen LogP contribution in [0.3, 0.4) is 0 Å². The average molecular weight is 567 g/mol. The summed E-state index contributed by atoms with van der Waals surface area (Å²) in [5, 5.41) is 10.4. The van der Waals surface area contributed by atoms with Crippen molar-refractivity contribution < 1.29 is 24.2 Å². The second-order valence-electron chi connectivity index (χ2n) is 9.06. The second kappa shape index (κ2) is 11.7. The lowest BCUT2D eigenvalue weighted by Crippen LogP contribution is -2.47. The van der Waals surface area contributed by atoms with Gasteiger partial charge in [0.2, 0.25) is 0 Å². The van der Waals surface area contributed by atoms with Crippen LogP contribution < -0.4 is 14.4 Å². The molecule has 1 N–H and O–H groups in total. The summed E-state index contributed by atoms with van der Waals surface area (Å²) in [7, 11) is 3.01. The molecular formula is C26H29Cl2N3O5S. The number of nitrogens with zero attached hydrogens (tertiary/aromatic N) is 3. The van der Waals surface area contributed by atoms with Crippen molar-refractivity contribution in [3.05, 3.63) is 62.6 Å². The Labute approximate surface area is 230 Å². The highest BCUT2D eigenvalue weighted by molar-refractivity contribution is 7.16. The topological polar surface area (TPSA) is 92.2 Å². The molecule has 3 rings (SSSR count). The van der Waals surface area contributed by atoms with Crippen LogP contribution in [0.4, 0.5) is 10.8 Å². The molecule has 0 saturated heterocycles. The first kappa shape index (κ1) is 28.7. The highest BCUT2D eigenvalue weighted by atomic mass is 35.5. The molecule has 3 aromatic rings. The molecule has 0 atom stereocenters. The van der Waals surface area contributed by atoms with Gasteiger partial charge in [-0.3, -0.25) is 14.5 Å². The first-order valence-corrected chi connectivity index (χ1v) is 12.9. The normalized spacial score (nSPS) is 11.3. The van der Waals surface area contributed by atoms with Crippen molar-refractivity contribution in [3.63, 3.8) is 0 Å². The van der Waals surface area contributed by atoms with Crippen LogP contribution in [0, 0.1) is 6.92 Å². The number of rotatable bonds is 8. The molecule has 0 bridgehead atoms. The van der Waals surface area contributed by atoms with Crippen molar-refractivity contribution in [3.8, 4) is 11.5 Å². The number of methoxy groups -OCH3 is 2. The van der Waals surface area contributed by atoms with E-state index in [4.69, 9.17) is 32.7 Å². The molecule has 0 aliphatic carbocycles. The van der Waals surface area contributed by atoms with Gasteiger partial charge in [0.1, 0.15) is 5.69 Å². The Morgan fingerprint density at radius 2 is 1.70 bits per heavy atom. The number of halogens is 2. The van der Waals surface area contributed by atoms with E-state index in [-0.39, 0.29) is 40.5 Å². The van der Waals surface area contributed by atoms with Gasteiger partial charge in [-0.2, -0.15) is 0 Å². The van der Waals surface area contributed by atoms with Gasteiger partial charge >= 0.3 is 0 Å². The van der Waals surface area contributed by atoms with Crippen LogP contribution in [0.1, 0.15) is 46.5 Å². The number of ether oxygens (including phenoxy) is 2. The van der Waals surface area contributed by atoms with Crippen LogP contribution >= 0.6 is 34.5 Å². The van der Waals surface area contributed by atoms with Crippen molar-refractivity contribution in [2.75, 3.05) is 32.3 Å². The van der Waals surface area contributed by atoms with E-state index in [0.717, 1.165) is 0 Å². The van der Waals surface area contributed by atoms with E-state index in [1.54, 1.807) is 36.1 Å². The molecule has 2 amide bonds. The third kappa shape index (κ3) is 6.18. The summed E-state index contributed by atoms with van der Waals surface area (Å²) in [5.74, 6) is 0.0843. The summed E-state index contributed by atoms with van der Waals surface area (Å²) in [6.07, 6.45) is 0. The molecule has 0 saturated carbocycles. The molecule has 8 nitrogen and oxygen atoms in total. The summed E-state index contributed by atoms with van der Waals surface area (Å²) in [6.45, 7) is 7.36. The average Bonchev–Trinajstić information content (AvgIpc) is 3.22. The van der Waals surface area contributed by atoms with E-state index in [1.165, 1.54) is 42.6 Å². The fraction of sp³-hybridized carbons (Fsp3) is 0.346. The fourth-order valence-corrected chi connectivity index (χ4v) is 5.12. The van der Waals surface area contributed by atoms with Crippen molar-refractivity contribution in [1.29, 1.82) is 0 Å². The Hall–Kier alpha value is -2.85. The van der Waals surface area contributed by atoms with Crippen molar-refractivity contribution in [1.82, 2.24) is 9.88 Å². The molecule has 0 radical (unpaired) electrons. The van der Waals surface area contributed by atoms with Gasteiger partial charge in [0.25, 0.3) is 11.8 Å². The Balaban J connectivity index is 2.18. The van der Waals surface area contributed by atoms with E-state index in [2.05, 4.69) is 4.98 Å². The number of benzene rings is 2. The number of anilines is 2. The van der Waals surface area contributed by atoms with Crippen LogP contribution in [-0.2, 0) is 0 Å². The standard InChI is InChI=1S/C26H29Cl2N3O5S/c1-15-22(24(34)30(11-12-32)26(2,3)4)29-25(37-15)31(17-8-10-20(35-5)21(14-17)36-6)23(33)18-9-7-16(27)13-19(18)28/h7-10,13-14,32H,11-12H2,1-6H3. The van der Waals surface area contributed by atoms with E-state index in [1.807, 2.05) is 20.8 Å². The molecule has 37 heavy (non-hydrogen) atoms. The Bertz CT molecular complexity index is 1310. The summed E-state index contributed by atoms with van der Waals surface area (Å²) in [5.41, 5.74) is 0.289. The van der Waals surface area contributed by atoms with Gasteiger partial charge in [-0.1, -0.05) is 23.2 Å². The number of thiazole rings is 1. The smallest absolute Gasteiger partial charge is 0.274 e. The van der Waals surface area contributed by atoms with Gasteiger partial charge in [0.05, 0.1) is 37.1 Å². The number of β-amino-alcohol motifs (C(OH)–C–C–N with tert-alkyl or cyclic N) is 1. The number of carbonyl (C=O) groups is 2. The molecule has 2 aromatic carbocycles. The zero-order chi connectivity index (χ0) is 27.5. The maximum absolute atomic E-state index is 13.9. The van der Waals surface area contributed by atoms with Crippen molar-refractivity contribution in [2.24, 2.45) is 0 Å². The summed E-state index contributed by atoms with van der Waals surface area (Å²) in [4.78, 5) is 35.5. The number of hydrogen-bond acceptors (Lipinski definition) is 7. The predicted octanol–water partition coefficient (Wildman–Crippen LogP) is 5.99. The zero-order valence-corrected chi connectivity index (χ0v) is 23.8. The fourth-order valence-electron chi connectivity index (χ4n) is 3.71. The van der Waals surface area contributed by atoms with Gasteiger partial charge in [-0.15, -0.1) is 11.3 Å². The SMILES string of the molecule is COc1ccc(N(C(=O)c2ccc(Cl)cc2Cl)c2nc(C(=O)N(CCO)C(C)(C)C)c(C)s2)cc1OC. The summed E-state index contributed by atoms with van der Waals surface area (Å²) < 4.78 is 10.8. The number of carbonyl (C=O) groups excluding carboxylic acids is 2. The molecular weight excluding hydrogens is 537 g/mol. The van der Waals surface area contributed by atoms with Gasteiger partial charge in [-0.05, 0) is 58.0 Å². The largest absolute Gasteiger partial charge is 0.493 e. The molecule has 1 aromatic heterocycles. The molecule has 0 fully saturated rings. The maximum Gasteiger partial charge on any atom is 0.274 e. The van der Waals surface area contributed by atoms with Gasteiger partial charge < -0.3 is 19.5 Å². The van der Waals surface area contributed by atoms with Crippen LogP contribution in [-0.4, -0.2) is 59.7 Å². The highest BCUT2D eigenvalue weighted by Gasteiger charge is 2.32. The zero-order valence-electron chi connectivity index (χ0n) is 21.5. The third-order valence-electron chi connectivity index (χ3n) is 5.55. The molecule has 0 aliphatic heterocycles. The summed E-state index contributed by atoms with van der Waals surface area (Å²) >= 11 is 13.6. The van der Waals surface area contributed by atoms with Crippen LogP contribution in [0.5, 0.6) is 11.5 Å². The van der Waals surface area contributed by atoms with E-state index in [9.17, 15) is 14.7 Å². The Morgan fingerprint density at radius 3 is 2.27 bits per heavy atom. The highest BCUT2D eigenvalue weighted by Crippen LogP contribution is 2.39. The van der Waals surface area contributed by atoms with E-state index >= 15 is 0 Å². The van der Waals surface area contributed by atoms with Crippen LogP contribution in [0.25, 0.3) is 0 Å². The minimum absolute atomic E-state index is 0.146. The number of amides is 2. The van der Waals surface area contributed by atoms with Gasteiger partial charge in [0, 0.05) is 28.0 Å². The minimum atomic E-state index is -0.550. The quantitative estimate of drug-likeness (QED) is 0.360. The van der Waals surface area contributed by atoms with Crippen LogP contribution in [0.15, 0.2) is 36.4 Å². The lowest BCUT2D eigenvalue weighted by molar-refractivity contribution is 0.0521. The van der Waals surface area contributed by atoms with Crippen LogP contribution in [0.2, 0.25) is 10.0 Å². The number of hydrogen-bond donors (Lipinski definition) is 1. The summed E-state index contributed by atoms with van der Waals surface area (Å²) in [6, 6.07) is 9.61. The Kier molecular flexibility index (Phi) is 9.07. The third-order valence-corrected chi connectivity index (χ3v) is 7.05. The predicted molar refractivity (Wildman–Crippen MR) is 147 cm³/mol. The van der Waals surface area contributed by atoms with Gasteiger partial charge in [-0.25, -0.2) is 4.98 Å². The van der Waals surface area contributed by atoms with Gasteiger partial charge in [0.15, 0.2) is 16.6 Å². The maximum atomic E-state index is 13.9. The number of aliphatic hydroxyl groups is 1. The second-order valence-corrected chi connectivity index (χ2v) is 11.1. The van der Waals surface area contributed by atoms with E-state index < -0.39 is 11.4 Å². The molecule has 198 valence electrons. The lowest BCUT2D eigenvalue weighted by Gasteiger charge is -2.35. The van der Waals surface area contributed by atoms with Crippen molar-refractivity contribution >= 4 is 57.2 Å². The first-order valence-electron chi connectivity index (χ1n) is 11.3. The van der Waals surface area contributed by atoms with Crippen molar-refractivity contribution in [2.45, 2.75) is 33.2 Å². The molecule has 0 aliphatic rings. The molecule has 11 heteroatoms.